The van der Waals surface area contributed by atoms with Crippen molar-refractivity contribution in [2.24, 2.45) is 0 Å². The number of ether oxygens (including phenoxy) is 2. The Morgan fingerprint density at radius 3 is 2.68 bits per heavy atom. The predicted molar refractivity (Wildman–Crippen MR) is 93.5 cm³/mol. The third kappa shape index (κ3) is 3.51. The summed E-state index contributed by atoms with van der Waals surface area (Å²) in [4.78, 5) is 18.5. The number of piperidine rings is 1. The average Bonchev–Trinajstić information content (AvgIpc) is 3.05. The van der Waals surface area contributed by atoms with E-state index in [1.807, 2.05) is 41.3 Å². The molecule has 2 aliphatic rings. The Labute approximate surface area is 147 Å². The van der Waals surface area contributed by atoms with E-state index in [2.05, 4.69) is 4.98 Å². The monoisotopic (exact) mass is 338 g/mol. The van der Waals surface area contributed by atoms with Crippen molar-refractivity contribution in [3.63, 3.8) is 0 Å². The first kappa shape index (κ1) is 16.1. The van der Waals surface area contributed by atoms with Gasteiger partial charge in [0, 0.05) is 31.9 Å². The summed E-state index contributed by atoms with van der Waals surface area (Å²) in [5.41, 5.74) is 0.501. The molecule has 0 radical (unpaired) electrons. The largest absolute Gasteiger partial charge is 0.488 e. The number of carbonyl (C=O) groups excluding carboxylic acids is 1. The lowest BCUT2D eigenvalue weighted by Crippen LogP contribution is -2.46. The van der Waals surface area contributed by atoms with Crippen molar-refractivity contribution in [3.05, 3.63) is 60.4 Å². The lowest BCUT2D eigenvalue weighted by atomic mass is 9.87. The van der Waals surface area contributed by atoms with E-state index < -0.39 is 0 Å². The Morgan fingerprint density at radius 1 is 1.16 bits per heavy atom. The summed E-state index contributed by atoms with van der Waals surface area (Å²) in [5.74, 6) is 0.940. The molecule has 5 nitrogen and oxygen atoms in total. The number of benzene rings is 1. The Kier molecular flexibility index (Phi) is 4.40. The van der Waals surface area contributed by atoms with Gasteiger partial charge in [-0.15, -0.1) is 0 Å². The SMILES string of the molecule is O=C(c1cccnc1)N1CCC2(CC1)CC(Oc1ccccc1)CO2. The maximum Gasteiger partial charge on any atom is 0.255 e. The minimum Gasteiger partial charge on any atom is -0.488 e. The molecule has 1 aromatic carbocycles. The Bertz CT molecular complexity index is 712. The van der Waals surface area contributed by atoms with E-state index in [0.717, 1.165) is 25.0 Å². The summed E-state index contributed by atoms with van der Waals surface area (Å²) in [5, 5.41) is 0. The highest BCUT2D eigenvalue weighted by atomic mass is 16.6. The first-order valence-corrected chi connectivity index (χ1v) is 8.79. The predicted octanol–water partition coefficient (Wildman–Crippen LogP) is 2.92. The smallest absolute Gasteiger partial charge is 0.255 e. The second-order valence-corrected chi connectivity index (χ2v) is 6.78. The highest BCUT2D eigenvalue weighted by molar-refractivity contribution is 5.93. The number of pyridine rings is 1. The zero-order valence-corrected chi connectivity index (χ0v) is 14.1. The number of hydrogen-bond acceptors (Lipinski definition) is 4. The molecule has 25 heavy (non-hydrogen) atoms. The van der Waals surface area contributed by atoms with Crippen LogP contribution < -0.4 is 4.74 Å². The van der Waals surface area contributed by atoms with Crippen LogP contribution in [0, 0.1) is 0 Å². The number of amides is 1. The van der Waals surface area contributed by atoms with Gasteiger partial charge in [0.2, 0.25) is 0 Å². The maximum atomic E-state index is 12.5. The van der Waals surface area contributed by atoms with Crippen molar-refractivity contribution >= 4 is 5.91 Å². The Morgan fingerprint density at radius 2 is 1.96 bits per heavy atom. The van der Waals surface area contributed by atoms with Crippen LogP contribution in [0.1, 0.15) is 29.6 Å². The number of hydrogen-bond donors (Lipinski definition) is 0. The summed E-state index contributed by atoms with van der Waals surface area (Å²) in [7, 11) is 0. The van der Waals surface area contributed by atoms with Crippen LogP contribution in [0.2, 0.25) is 0 Å². The molecule has 5 heteroatoms. The summed E-state index contributed by atoms with van der Waals surface area (Å²) in [6.07, 6.45) is 5.99. The molecule has 1 aromatic heterocycles. The molecule has 1 spiro atoms. The highest BCUT2D eigenvalue weighted by Gasteiger charge is 2.44. The van der Waals surface area contributed by atoms with Gasteiger partial charge in [0.15, 0.2) is 0 Å². The summed E-state index contributed by atoms with van der Waals surface area (Å²) < 4.78 is 12.2. The Balaban J connectivity index is 1.33. The molecule has 2 fully saturated rings. The first-order chi connectivity index (χ1) is 12.2. The number of rotatable bonds is 3. The minimum atomic E-state index is -0.148. The van der Waals surface area contributed by atoms with Gasteiger partial charge >= 0.3 is 0 Å². The van der Waals surface area contributed by atoms with Crippen molar-refractivity contribution < 1.29 is 14.3 Å². The Hall–Kier alpha value is -2.40. The van der Waals surface area contributed by atoms with E-state index in [0.29, 0.717) is 25.3 Å². The van der Waals surface area contributed by atoms with E-state index in [1.165, 1.54) is 0 Å². The fourth-order valence-electron chi connectivity index (χ4n) is 3.71. The first-order valence-electron chi connectivity index (χ1n) is 8.79. The molecule has 4 rings (SSSR count). The maximum absolute atomic E-state index is 12.5. The molecule has 1 atom stereocenters. The normalized spacial score (nSPS) is 22.1. The van der Waals surface area contributed by atoms with E-state index in [9.17, 15) is 4.79 Å². The molecule has 3 heterocycles. The molecule has 0 saturated carbocycles. The molecule has 130 valence electrons. The second kappa shape index (κ2) is 6.84. The molecule has 2 aromatic rings. The van der Waals surface area contributed by atoms with Gasteiger partial charge in [-0.05, 0) is 37.1 Å². The third-order valence-electron chi connectivity index (χ3n) is 5.09. The number of para-hydroxylation sites is 1. The summed E-state index contributed by atoms with van der Waals surface area (Å²) >= 11 is 0. The summed E-state index contributed by atoms with van der Waals surface area (Å²) in [6, 6.07) is 13.5. The standard InChI is InChI=1S/C20H22N2O3/c23-19(16-5-4-10-21-14-16)22-11-8-20(9-12-22)13-18(15-24-20)25-17-6-2-1-3-7-17/h1-7,10,14,18H,8-9,11-13,15H2. The van der Waals surface area contributed by atoms with Crippen LogP contribution in [0.3, 0.4) is 0 Å². The van der Waals surface area contributed by atoms with Crippen LogP contribution >= 0.6 is 0 Å². The van der Waals surface area contributed by atoms with Crippen LogP contribution in [-0.2, 0) is 4.74 Å². The van der Waals surface area contributed by atoms with Gasteiger partial charge in [-0.1, -0.05) is 18.2 Å². The molecule has 1 unspecified atom stereocenters. The second-order valence-electron chi connectivity index (χ2n) is 6.78. The molecule has 0 N–H and O–H groups in total. The minimum absolute atomic E-state index is 0.0537. The molecule has 2 saturated heterocycles. The van der Waals surface area contributed by atoms with Gasteiger partial charge in [-0.25, -0.2) is 0 Å². The number of likely N-dealkylation sites (tertiary alicyclic amines) is 1. The van der Waals surface area contributed by atoms with Gasteiger partial charge in [0.25, 0.3) is 5.91 Å². The van der Waals surface area contributed by atoms with Gasteiger partial charge < -0.3 is 14.4 Å². The van der Waals surface area contributed by atoms with E-state index in [-0.39, 0.29) is 17.6 Å². The zero-order valence-electron chi connectivity index (χ0n) is 14.1. The van der Waals surface area contributed by atoms with Crippen LogP contribution in [0.5, 0.6) is 5.75 Å². The lowest BCUT2D eigenvalue weighted by molar-refractivity contribution is -0.0395. The van der Waals surface area contributed by atoms with E-state index in [1.54, 1.807) is 18.5 Å². The van der Waals surface area contributed by atoms with Gasteiger partial charge in [0.1, 0.15) is 11.9 Å². The summed E-state index contributed by atoms with van der Waals surface area (Å²) in [6.45, 7) is 2.04. The van der Waals surface area contributed by atoms with Crippen molar-refractivity contribution in [1.82, 2.24) is 9.88 Å². The van der Waals surface area contributed by atoms with E-state index >= 15 is 0 Å². The molecule has 2 aliphatic heterocycles. The van der Waals surface area contributed by atoms with Crippen molar-refractivity contribution in [2.75, 3.05) is 19.7 Å². The van der Waals surface area contributed by atoms with Gasteiger partial charge in [-0.3, -0.25) is 9.78 Å². The topological polar surface area (TPSA) is 51.7 Å². The fraction of sp³-hybridized carbons (Fsp3) is 0.400. The number of carbonyl (C=O) groups is 1. The van der Waals surface area contributed by atoms with Crippen molar-refractivity contribution in [3.8, 4) is 5.75 Å². The number of nitrogens with zero attached hydrogens (tertiary/aromatic N) is 2. The lowest BCUT2D eigenvalue weighted by Gasteiger charge is -2.38. The van der Waals surface area contributed by atoms with Crippen LogP contribution in [0.25, 0.3) is 0 Å². The fourth-order valence-corrected chi connectivity index (χ4v) is 3.71. The van der Waals surface area contributed by atoms with Crippen molar-refractivity contribution in [1.29, 1.82) is 0 Å². The van der Waals surface area contributed by atoms with Crippen molar-refractivity contribution in [2.45, 2.75) is 31.0 Å². The quantitative estimate of drug-likeness (QED) is 0.863. The third-order valence-corrected chi connectivity index (χ3v) is 5.09. The molecular formula is C20H22N2O3. The zero-order chi connectivity index (χ0) is 17.1. The molecule has 1 amide bonds. The van der Waals surface area contributed by atoms with Gasteiger partial charge in [-0.2, -0.15) is 0 Å². The van der Waals surface area contributed by atoms with E-state index in [4.69, 9.17) is 9.47 Å². The van der Waals surface area contributed by atoms with Crippen LogP contribution in [0.15, 0.2) is 54.9 Å². The number of aromatic nitrogens is 1. The van der Waals surface area contributed by atoms with Gasteiger partial charge in [0.05, 0.1) is 17.8 Å². The molecule has 0 aliphatic carbocycles. The van der Waals surface area contributed by atoms with Crippen LogP contribution in [-0.4, -0.2) is 47.2 Å². The molecule has 0 bridgehead atoms. The molecular weight excluding hydrogens is 316 g/mol. The van der Waals surface area contributed by atoms with Crippen LogP contribution in [0.4, 0.5) is 0 Å². The highest BCUT2D eigenvalue weighted by Crippen LogP contribution is 2.37. The average molecular weight is 338 g/mol.